The van der Waals surface area contributed by atoms with Gasteiger partial charge in [0.15, 0.2) is 11.4 Å². The first-order valence-electron chi connectivity index (χ1n) is 8.76. The van der Waals surface area contributed by atoms with Gasteiger partial charge in [0.2, 0.25) is 0 Å². The zero-order chi connectivity index (χ0) is 17.6. The Hall–Kier alpha value is -3.17. The lowest BCUT2D eigenvalue weighted by Gasteiger charge is -2.26. The number of nitrogens with zero attached hydrogens (tertiary/aromatic N) is 2. The summed E-state index contributed by atoms with van der Waals surface area (Å²) in [4.78, 5) is 4.58. The van der Waals surface area contributed by atoms with Crippen LogP contribution in [0.3, 0.4) is 0 Å². The maximum absolute atomic E-state index is 11.9. The maximum Gasteiger partial charge on any atom is 0.174 e. The highest BCUT2D eigenvalue weighted by molar-refractivity contribution is 5.81. The number of hydrogen-bond donors (Lipinski definition) is 1. The molecule has 126 valence electrons. The number of hydrogen-bond acceptors (Lipinski definition) is 2. The standard InChI is InChI=1S/C23H18N2O/c26-23(22-24-14-15-25(22)16-17-8-2-1-3-9-17)20-12-6-4-10-18(20)19-11-5-7-13-21(19)23/h1-15,26H,16H2. The van der Waals surface area contributed by atoms with E-state index in [-0.39, 0.29) is 0 Å². The van der Waals surface area contributed by atoms with Crippen molar-refractivity contribution in [3.63, 3.8) is 0 Å². The predicted octanol–water partition coefficient (Wildman–Crippen LogP) is 4.20. The first-order chi connectivity index (χ1) is 12.8. The van der Waals surface area contributed by atoms with Crippen molar-refractivity contribution >= 4 is 0 Å². The fourth-order valence-electron chi connectivity index (χ4n) is 3.99. The molecule has 1 aliphatic rings. The molecule has 0 saturated carbocycles. The van der Waals surface area contributed by atoms with Gasteiger partial charge in [-0.15, -0.1) is 0 Å². The summed E-state index contributed by atoms with van der Waals surface area (Å²) in [6.07, 6.45) is 3.70. The van der Waals surface area contributed by atoms with Gasteiger partial charge in [-0.1, -0.05) is 78.9 Å². The van der Waals surface area contributed by atoms with Crippen LogP contribution in [0.1, 0.15) is 22.5 Å². The third-order valence-electron chi connectivity index (χ3n) is 5.16. The number of aliphatic hydroxyl groups is 1. The fraction of sp³-hybridized carbons (Fsp3) is 0.0870. The Bertz CT molecular complexity index is 1040. The van der Waals surface area contributed by atoms with Crippen LogP contribution in [-0.2, 0) is 12.1 Å². The van der Waals surface area contributed by atoms with Crippen LogP contribution in [-0.4, -0.2) is 14.7 Å². The van der Waals surface area contributed by atoms with Gasteiger partial charge in [0, 0.05) is 30.1 Å². The van der Waals surface area contributed by atoms with E-state index in [1.54, 1.807) is 6.20 Å². The Morgan fingerprint density at radius 3 is 2.00 bits per heavy atom. The van der Waals surface area contributed by atoms with Crippen molar-refractivity contribution < 1.29 is 5.11 Å². The number of fused-ring (bicyclic) bond motifs is 3. The van der Waals surface area contributed by atoms with E-state index in [1.165, 1.54) is 5.56 Å². The molecule has 0 spiro atoms. The molecule has 0 radical (unpaired) electrons. The van der Waals surface area contributed by atoms with E-state index in [4.69, 9.17) is 0 Å². The summed E-state index contributed by atoms with van der Waals surface area (Å²) >= 11 is 0. The van der Waals surface area contributed by atoms with Crippen LogP contribution in [0, 0.1) is 0 Å². The summed E-state index contributed by atoms with van der Waals surface area (Å²) in [6, 6.07) is 26.3. The van der Waals surface area contributed by atoms with Crippen LogP contribution in [0.25, 0.3) is 11.1 Å². The third-order valence-corrected chi connectivity index (χ3v) is 5.16. The Balaban J connectivity index is 1.71. The van der Waals surface area contributed by atoms with Crippen LogP contribution >= 0.6 is 0 Å². The Morgan fingerprint density at radius 2 is 1.35 bits per heavy atom. The minimum atomic E-state index is -1.24. The second-order valence-corrected chi connectivity index (χ2v) is 6.67. The first-order valence-corrected chi connectivity index (χ1v) is 8.76. The molecule has 0 amide bonds. The average molecular weight is 338 g/mol. The van der Waals surface area contributed by atoms with E-state index in [9.17, 15) is 5.11 Å². The molecule has 1 aliphatic carbocycles. The van der Waals surface area contributed by atoms with Crippen molar-refractivity contribution in [2.75, 3.05) is 0 Å². The average Bonchev–Trinajstić information content (AvgIpc) is 3.26. The predicted molar refractivity (Wildman–Crippen MR) is 102 cm³/mol. The van der Waals surface area contributed by atoms with E-state index < -0.39 is 5.60 Å². The molecule has 1 N–H and O–H groups in total. The number of aromatic nitrogens is 2. The molecule has 0 atom stereocenters. The molecule has 4 aromatic rings. The molecular formula is C23H18N2O. The molecule has 0 saturated heterocycles. The molecule has 1 heterocycles. The highest BCUT2D eigenvalue weighted by Gasteiger charge is 2.45. The summed E-state index contributed by atoms with van der Waals surface area (Å²) in [6.45, 7) is 0.669. The monoisotopic (exact) mass is 338 g/mol. The minimum absolute atomic E-state index is 0.652. The fourth-order valence-corrected chi connectivity index (χ4v) is 3.99. The van der Waals surface area contributed by atoms with E-state index >= 15 is 0 Å². The SMILES string of the molecule is OC1(c2nccn2Cc2ccccc2)c2ccccc2-c2ccccc21. The molecule has 0 fully saturated rings. The summed E-state index contributed by atoms with van der Waals surface area (Å²) in [7, 11) is 0. The summed E-state index contributed by atoms with van der Waals surface area (Å²) in [5.74, 6) is 0.652. The summed E-state index contributed by atoms with van der Waals surface area (Å²) in [5.41, 5.74) is 3.85. The van der Waals surface area contributed by atoms with E-state index in [1.807, 2.05) is 65.4 Å². The second-order valence-electron chi connectivity index (χ2n) is 6.67. The van der Waals surface area contributed by atoms with Gasteiger partial charge in [-0.3, -0.25) is 0 Å². The molecule has 3 nitrogen and oxygen atoms in total. The second kappa shape index (κ2) is 5.68. The van der Waals surface area contributed by atoms with Crippen molar-refractivity contribution in [1.29, 1.82) is 0 Å². The van der Waals surface area contributed by atoms with Crippen molar-refractivity contribution in [2.24, 2.45) is 0 Å². The molecule has 0 aliphatic heterocycles. The highest BCUT2D eigenvalue weighted by Crippen LogP contribution is 2.50. The molecule has 26 heavy (non-hydrogen) atoms. The van der Waals surface area contributed by atoms with Crippen molar-refractivity contribution in [1.82, 2.24) is 9.55 Å². The summed E-state index contributed by atoms with van der Waals surface area (Å²) in [5, 5.41) is 11.9. The summed E-state index contributed by atoms with van der Waals surface area (Å²) < 4.78 is 2.04. The van der Waals surface area contributed by atoms with Gasteiger partial charge < -0.3 is 9.67 Å². The zero-order valence-electron chi connectivity index (χ0n) is 14.2. The van der Waals surface area contributed by atoms with Gasteiger partial charge in [-0.2, -0.15) is 0 Å². The van der Waals surface area contributed by atoms with Crippen LogP contribution in [0.5, 0.6) is 0 Å². The van der Waals surface area contributed by atoms with Crippen LogP contribution in [0.15, 0.2) is 91.3 Å². The number of rotatable bonds is 3. The minimum Gasteiger partial charge on any atom is -0.373 e. The van der Waals surface area contributed by atoms with Gasteiger partial charge in [-0.05, 0) is 16.7 Å². The van der Waals surface area contributed by atoms with E-state index in [0.29, 0.717) is 12.4 Å². The molecular weight excluding hydrogens is 320 g/mol. The van der Waals surface area contributed by atoms with E-state index in [2.05, 4.69) is 29.2 Å². The number of benzene rings is 3. The molecule has 3 heteroatoms. The van der Waals surface area contributed by atoms with Crippen LogP contribution in [0.4, 0.5) is 0 Å². The molecule has 5 rings (SSSR count). The number of imidazole rings is 1. The molecule has 0 unspecified atom stereocenters. The Labute approximate surface area is 152 Å². The van der Waals surface area contributed by atoms with Crippen molar-refractivity contribution in [3.8, 4) is 11.1 Å². The lowest BCUT2D eigenvalue weighted by atomic mass is 9.90. The Morgan fingerprint density at radius 1 is 0.769 bits per heavy atom. The quantitative estimate of drug-likeness (QED) is 0.608. The van der Waals surface area contributed by atoms with Gasteiger partial charge >= 0.3 is 0 Å². The lowest BCUT2D eigenvalue weighted by Crippen LogP contribution is -2.30. The van der Waals surface area contributed by atoms with Crippen molar-refractivity contribution in [2.45, 2.75) is 12.1 Å². The van der Waals surface area contributed by atoms with Crippen LogP contribution < -0.4 is 0 Å². The molecule has 1 aromatic heterocycles. The van der Waals surface area contributed by atoms with Gasteiger partial charge in [0.1, 0.15) is 0 Å². The van der Waals surface area contributed by atoms with Gasteiger partial charge in [0.05, 0.1) is 0 Å². The maximum atomic E-state index is 11.9. The van der Waals surface area contributed by atoms with E-state index in [0.717, 1.165) is 22.3 Å². The van der Waals surface area contributed by atoms with Gasteiger partial charge in [-0.25, -0.2) is 4.98 Å². The van der Waals surface area contributed by atoms with Crippen LogP contribution in [0.2, 0.25) is 0 Å². The smallest absolute Gasteiger partial charge is 0.174 e. The normalized spacial score (nSPS) is 14.0. The third kappa shape index (κ3) is 2.07. The van der Waals surface area contributed by atoms with Crippen molar-refractivity contribution in [3.05, 3.63) is 114 Å². The van der Waals surface area contributed by atoms with Gasteiger partial charge in [0.25, 0.3) is 0 Å². The Kier molecular flexibility index (Phi) is 3.30. The molecule has 3 aromatic carbocycles. The zero-order valence-corrected chi connectivity index (χ0v) is 14.2. The highest BCUT2D eigenvalue weighted by atomic mass is 16.3. The molecule has 0 bridgehead atoms. The lowest BCUT2D eigenvalue weighted by molar-refractivity contribution is 0.116. The topological polar surface area (TPSA) is 38.1 Å². The largest absolute Gasteiger partial charge is 0.373 e. The first kappa shape index (κ1) is 15.1.